The van der Waals surface area contributed by atoms with Crippen LogP contribution in [0.1, 0.15) is 65.2 Å². The molecule has 0 atom stereocenters. The minimum absolute atomic E-state index is 0.0916. The van der Waals surface area contributed by atoms with E-state index in [0.29, 0.717) is 23.7 Å². The van der Waals surface area contributed by atoms with E-state index in [1.807, 2.05) is 42.5 Å². The Morgan fingerprint density at radius 2 is 1.83 bits per heavy atom. The van der Waals surface area contributed by atoms with E-state index >= 15 is 0 Å². The zero-order valence-electron chi connectivity index (χ0n) is 20.6. The lowest BCUT2D eigenvalue weighted by molar-refractivity contribution is 0.0950. The molecule has 1 aliphatic rings. The number of nitrogens with zero attached hydrogens (tertiary/aromatic N) is 1. The van der Waals surface area contributed by atoms with Crippen LogP contribution in [0.5, 0.6) is 5.75 Å². The van der Waals surface area contributed by atoms with Gasteiger partial charge in [0.05, 0.1) is 6.61 Å². The fourth-order valence-corrected chi connectivity index (χ4v) is 4.71. The zero-order chi connectivity index (χ0) is 24.5. The molecule has 184 valence electrons. The van der Waals surface area contributed by atoms with Crippen LogP contribution in [0.25, 0.3) is 0 Å². The van der Waals surface area contributed by atoms with Gasteiger partial charge in [-0.3, -0.25) is 9.69 Å². The first kappa shape index (κ1) is 25.3. The smallest absolute Gasteiger partial charge is 0.251 e. The first-order valence-electron chi connectivity index (χ1n) is 12.7. The Bertz CT molecular complexity index is 1110. The lowest BCUT2D eigenvalue weighted by Crippen LogP contribution is -2.25. The van der Waals surface area contributed by atoms with Gasteiger partial charge >= 0.3 is 0 Å². The monoisotopic (exact) mass is 490 g/mol. The molecule has 2 bridgehead atoms. The Hall–Kier alpha value is -2.82. The summed E-state index contributed by atoms with van der Waals surface area (Å²) in [5.41, 5.74) is 5.28. The summed E-state index contributed by atoms with van der Waals surface area (Å²) < 4.78 is 6.20. The largest absolute Gasteiger partial charge is 0.493 e. The van der Waals surface area contributed by atoms with Crippen molar-refractivity contribution in [3.05, 3.63) is 99.6 Å². The number of carbonyl (C=O) groups excluding carboxylic acids is 1. The van der Waals surface area contributed by atoms with E-state index in [4.69, 9.17) is 16.3 Å². The van der Waals surface area contributed by atoms with Crippen LogP contribution in [0, 0.1) is 0 Å². The number of ether oxygens (including phenoxy) is 1. The molecule has 3 aromatic carbocycles. The molecule has 0 unspecified atom stereocenters. The average Bonchev–Trinajstić information content (AvgIpc) is 2.86. The molecule has 3 aromatic rings. The maximum Gasteiger partial charge on any atom is 0.251 e. The van der Waals surface area contributed by atoms with Crippen molar-refractivity contribution in [3.8, 4) is 5.75 Å². The maximum atomic E-state index is 12.9. The highest BCUT2D eigenvalue weighted by molar-refractivity contribution is 6.30. The summed E-state index contributed by atoms with van der Waals surface area (Å²) in [7, 11) is 0. The van der Waals surface area contributed by atoms with Gasteiger partial charge in [-0.05, 0) is 91.4 Å². The lowest BCUT2D eigenvalue weighted by atomic mass is 9.99. The van der Waals surface area contributed by atoms with E-state index in [0.717, 1.165) is 55.8 Å². The molecule has 4 rings (SSSR count). The number of hydrogen-bond acceptors (Lipinski definition) is 3. The number of fused-ring (bicyclic) bond motifs is 3. The first-order chi connectivity index (χ1) is 17.1. The molecule has 0 radical (unpaired) electrons. The van der Waals surface area contributed by atoms with Gasteiger partial charge in [0.1, 0.15) is 5.75 Å². The Morgan fingerprint density at radius 3 is 2.66 bits per heavy atom. The molecular weight excluding hydrogens is 456 g/mol. The lowest BCUT2D eigenvalue weighted by Gasteiger charge is -2.22. The van der Waals surface area contributed by atoms with Gasteiger partial charge in [-0.1, -0.05) is 54.9 Å². The van der Waals surface area contributed by atoms with E-state index in [2.05, 4.69) is 41.4 Å². The molecule has 0 aliphatic carbocycles. The van der Waals surface area contributed by atoms with Crippen molar-refractivity contribution < 1.29 is 9.53 Å². The van der Waals surface area contributed by atoms with Gasteiger partial charge in [0.25, 0.3) is 5.91 Å². The quantitative estimate of drug-likeness (QED) is 0.436. The molecule has 0 aromatic heterocycles. The fourth-order valence-electron chi connectivity index (χ4n) is 4.58. The van der Waals surface area contributed by atoms with Crippen LogP contribution in [0.15, 0.2) is 66.7 Å². The van der Waals surface area contributed by atoms with Gasteiger partial charge < -0.3 is 10.1 Å². The van der Waals surface area contributed by atoms with Crippen LogP contribution >= 0.6 is 11.6 Å². The summed E-state index contributed by atoms with van der Waals surface area (Å²) in [5.74, 6) is 0.778. The van der Waals surface area contributed by atoms with Crippen LogP contribution in [0.3, 0.4) is 0 Å². The Labute approximate surface area is 214 Å². The van der Waals surface area contributed by atoms with Gasteiger partial charge in [0.15, 0.2) is 0 Å². The van der Waals surface area contributed by atoms with Gasteiger partial charge in [-0.15, -0.1) is 0 Å². The second-order valence-electron chi connectivity index (χ2n) is 9.31. The summed E-state index contributed by atoms with van der Waals surface area (Å²) in [6.07, 6.45) is 5.27. The van der Waals surface area contributed by atoms with Crippen LogP contribution in [0.4, 0.5) is 0 Å². The van der Waals surface area contributed by atoms with Crippen LogP contribution in [-0.4, -0.2) is 30.5 Å². The van der Waals surface area contributed by atoms with Crippen molar-refractivity contribution in [2.75, 3.05) is 19.7 Å². The predicted molar refractivity (Wildman–Crippen MR) is 143 cm³/mol. The van der Waals surface area contributed by atoms with Crippen molar-refractivity contribution in [3.63, 3.8) is 0 Å². The van der Waals surface area contributed by atoms with E-state index in [1.54, 1.807) is 0 Å². The third-order valence-electron chi connectivity index (χ3n) is 6.40. The fraction of sp³-hybridized carbons (Fsp3) is 0.367. The molecular formula is C30H35ClN2O2. The number of nitrogens with one attached hydrogen (secondary N) is 1. The van der Waals surface area contributed by atoms with Crippen LogP contribution < -0.4 is 10.1 Å². The second kappa shape index (κ2) is 12.8. The standard InChI is InChI=1S/C30H35ClN2O2/c1-2-15-33-16-4-3-5-17-35-29-14-11-26(30(34)32-21-23-9-12-28(31)13-10-23)20-27(29)19-24-7-6-8-25(18-24)22-33/h6-14,18,20H,2-5,15-17,19,21-22H2,1H3,(H,32,34). The highest BCUT2D eigenvalue weighted by Crippen LogP contribution is 2.25. The Morgan fingerprint density at radius 1 is 1.00 bits per heavy atom. The van der Waals surface area contributed by atoms with Crippen molar-refractivity contribution in [1.82, 2.24) is 10.2 Å². The molecule has 0 fully saturated rings. The highest BCUT2D eigenvalue weighted by atomic mass is 35.5. The minimum atomic E-state index is -0.0916. The van der Waals surface area contributed by atoms with Gasteiger partial charge in [0.2, 0.25) is 0 Å². The number of rotatable bonds is 5. The molecule has 35 heavy (non-hydrogen) atoms. The normalized spacial score (nSPS) is 14.9. The van der Waals surface area contributed by atoms with Crippen LogP contribution in [-0.2, 0) is 19.5 Å². The number of carbonyl (C=O) groups is 1. The van der Waals surface area contributed by atoms with E-state index < -0.39 is 0 Å². The van der Waals surface area contributed by atoms with Crippen molar-refractivity contribution >= 4 is 17.5 Å². The number of amides is 1. The van der Waals surface area contributed by atoms with Crippen molar-refractivity contribution in [1.29, 1.82) is 0 Å². The Balaban J connectivity index is 1.53. The van der Waals surface area contributed by atoms with E-state index in [1.165, 1.54) is 24.0 Å². The highest BCUT2D eigenvalue weighted by Gasteiger charge is 2.13. The third-order valence-corrected chi connectivity index (χ3v) is 6.65. The van der Waals surface area contributed by atoms with E-state index in [9.17, 15) is 4.79 Å². The molecule has 4 nitrogen and oxygen atoms in total. The Kier molecular flexibility index (Phi) is 9.21. The second-order valence-corrected chi connectivity index (χ2v) is 9.75. The molecule has 0 saturated heterocycles. The molecule has 0 saturated carbocycles. The summed E-state index contributed by atoms with van der Waals surface area (Å²) in [6, 6.07) is 22.1. The van der Waals surface area contributed by atoms with Crippen molar-refractivity contribution in [2.24, 2.45) is 0 Å². The first-order valence-corrected chi connectivity index (χ1v) is 13.1. The maximum absolute atomic E-state index is 12.9. The third kappa shape index (κ3) is 7.58. The zero-order valence-corrected chi connectivity index (χ0v) is 21.3. The average molecular weight is 491 g/mol. The molecule has 1 heterocycles. The number of benzene rings is 3. The molecule has 1 aliphatic heterocycles. The van der Waals surface area contributed by atoms with E-state index in [-0.39, 0.29) is 5.91 Å². The minimum Gasteiger partial charge on any atom is -0.493 e. The SMILES string of the molecule is CCCN1CCCCCOc2ccc(C(=O)NCc3ccc(Cl)cc3)cc2Cc2cccc(c2)C1. The topological polar surface area (TPSA) is 41.6 Å². The van der Waals surface area contributed by atoms with Gasteiger partial charge in [-0.25, -0.2) is 0 Å². The number of halogens is 1. The van der Waals surface area contributed by atoms with Crippen molar-refractivity contribution in [2.45, 2.75) is 52.1 Å². The summed E-state index contributed by atoms with van der Waals surface area (Å²) in [6.45, 7) is 6.64. The van der Waals surface area contributed by atoms with Crippen LogP contribution in [0.2, 0.25) is 5.02 Å². The summed E-state index contributed by atoms with van der Waals surface area (Å²) in [5, 5.41) is 3.71. The summed E-state index contributed by atoms with van der Waals surface area (Å²) in [4.78, 5) is 15.5. The number of hydrogen-bond donors (Lipinski definition) is 1. The molecule has 1 amide bonds. The van der Waals surface area contributed by atoms with Gasteiger partial charge in [0, 0.05) is 30.1 Å². The summed E-state index contributed by atoms with van der Waals surface area (Å²) >= 11 is 5.96. The molecule has 0 spiro atoms. The molecule has 1 N–H and O–H groups in total. The predicted octanol–water partition coefficient (Wildman–Crippen LogP) is 6.64. The van der Waals surface area contributed by atoms with Gasteiger partial charge in [-0.2, -0.15) is 0 Å². The molecule has 5 heteroatoms.